The molecule has 86 valence electrons. The second-order valence-electron chi connectivity index (χ2n) is 3.89. The minimum atomic E-state index is -0.107. The summed E-state index contributed by atoms with van der Waals surface area (Å²) in [5, 5.41) is 7.85. The molecular formula is C12H16N2OS. The van der Waals surface area contributed by atoms with Crippen molar-refractivity contribution >= 4 is 17.4 Å². The minimum Gasteiger partial charge on any atom is -0.335 e. The summed E-state index contributed by atoms with van der Waals surface area (Å²) in [7, 11) is 0. The topological polar surface area (TPSA) is 41.1 Å². The van der Waals surface area contributed by atoms with Gasteiger partial charge in [0, 0.05) is 11.4 Å². The van der Waals surface area contributed by atoms with E-state index < -0.39 is 0 Å². The van der Waals surface area contributed by atoms with Crippen molar-refractivity contribution in [2.24, 2.45) is 0 Å². The van der Waals surface area contributed by atoms with Gasteiger partial charge in [0.15, 0.2) is 0 Å². The smallest absolute Gasteiger partial charge is 0.315 e. The molecule has 0 radical (unpaired) electrons. The molecular weight excluding hydrogens is 220 g/mol. The number of urea groups is 1. The molecule has 1 unspecified atom stereocenters. The van der Waals surface area contributed by atoms with Crippen LogP contribution in [0.1, 0.15) is 29.3 Å². The predicted molar refractivity (Wildman–Crippen MR) is 66.7 cm³/mol. The van der Waals surface area contributed by atoms with Gasteiger partial charge in [-0.1, -0.05) is 6.08 Å². The second kappa shape index (κ2) is 5.16. The molecule has 2 rings (SSSR count). The highest BCUT2D eigenvalue weighted by Gasteiger charge is 2.22. The molecule has 4 heteroatoms. The highest BCUT2D eigenvalue weighted by molar-refractivity contribution is 7.10. The third-order valence-electron chi connectivity index (χ3n) is 2.76. The van der Waals surface area contributed by atoms with Crippen molar-refractivity contribution in [1.29, 1.82) is 0 Å². The number of nitrogens with one attached hydrogen (secondary N) is 2. The predicted octanol–water partition coefficient (Wildman–Crippen LogP) is 2.61. The number of carbonyl (C=O) groups is 1. The highest BCUT2D eigenvalue weighted by atomic mass is 32.1. The fourth-order valence-corrected chi connectivity index (χ4v) is 3.00. The van der Waals surface area contributed by atoms with E-state index in [2.05, 4.69) is 28.7 Å². The van der Waals surface area contributed by atoms with Crippen LogP contribution in [0.25, 0.3) is 0 Å². The summed E-state index contributed by atoms with van der Waals surface area (Å²) < 4.78 is 0. The van der Waals surface area contributed by atoms with Crippen molar-refractivity contribution in [3.05, 3.63) is 34.5 Å². The number of rotatable bonds is 3. The monoisotopic (exact) mass is 236 g/mol. The molecule has 1 atom stereocenters. The standard InChI is InChI=1S/C12H16N2OS/c1-2-7-13-12(15)14-10-4-3-5-11-9(10)6-8-16-11/h2,6,8,10H,1,3-5,7H2,(H2,13,14,15). The lowest BCUT2D eigenvalue weighted by molar-refractivity contribution is 0.236. The SMILES string of the molecule is C=CCNC(=O)NC1CCCc2sccc21. The van der Waals surface area contributed by atoms with Gasteiger partial charge in [-0.25, -0.2) is 4.79 Å². The Morgan fingerprint density at radius 3 is 3.38 bits per heavy atom. The van der Waals surface area contributed by atoms with Gasteiger partial charge < -0.3 is 10.6 Å². The first-order valence-electron chi connectivity index (χ1n) is 5.53. The summed E-state index contributed by atoms with van der Waals surface area (Å²) in [6.07, 6.45) is 5.01. The van der Waals surface area contributed by atoms with Crippen LogP contribution in [0.15, 0.2) is 24.1 Å². The second-order valence-corrected chi connectivity index (χ2v) is 4.89. The van der Waals surface area contributed by atoms with Crippen LogP contribution in [0.2, 0.25) is 0 Å². The molecule has 1 aliphatic rings. The van der Waals surface area contributed by atoms with Gasteiger partial charge in [0.05, 0.1) is 6.04 Å². The van der Waals surface area contributed by atoms with Crippen LogP contribution in [0.4, 0.5) is 4.79 Å². The van der Waals surface area contributed by atoms with E-state index in [0.717, 1.165) is 19.3 Å². The first kappa shape index (κ1) is 11.2. The lowest BCUT2D eigenvalue weighted by Gasteiger charge is -2.23. The maximum atomic E-state index is 11.5. The third-order valence-corrected chi connectivity index (χ3v) is 3.76. The number of thiophene rings is 1. The summed E-state index contributed by atoms with van der Waals surface area (Å²) in [5.74, 6) is 0. The molecule has 0 bridgehead atoms. The van der Waals surface area contributed by atoms with Gasteiger partial charge in [-0.2, -0.15) is 0 Å². The summed E-state index contributed by atoms with van der Waals surface area (Å²) in [6, 6.07) is 2.20. The van der Waals surface area contributed by atoms with E-state index >= 15 is 0 Å². The molecule has 0 fully saturated rings. The lowest BCUT2D eigenvalue weighted by atomic mass is 9.94. The molecule has 1 heterocycles. The van der Waals surface area contributed by atoms with E-state index in [1.807, 2.05) is 0 Å². The first-order chi connectivity index (χ1) is 7.81. The van der Waals surface area contributed by atoms with Crippen LogP contribution in [-0.2, 0) is 6.42 Å². The first-order valence-corrected chi connectivity index (χ1v) is 6.40. The van der Waals surface area contributed by atoms with Crippen LogP contribution in [0, 0.1) is 0 Å². The molecule has 0 aliphatic heterocycles. The van der Waals surface area contributed by atoms with Gasteiger partial charge in [0.2, 0.25) is 0 Å². The molecule has 0 spiro atoms. The van der Waals surface area contributed by atoms with Gasteiger partial charge in [-0.05, 0) is 36.3 Å². The number of amides is 2. The number of aryl methyl sites for hydroxylation is 1. The van der Waals surface area contributed by atoms with Crippen molar-refractivity contribution in [1.82, 2.24) is 10.6 Å². The fourth-order valence-electron chi connectivity index (χ4n) is 2.01. The van der Waals surface area contributed by atoms with Gasteiger partial charge in [0.25, 0.3) is 0 Å². The van der Waals surface area contributed by atoms with Crippen LogP contribution < -0.4 is 10.6 Å². The number of hydrogen-bond donors (Lipinski definition) is 2. The maximum absolute atomic E-state index is 11.5. The van der Waals surface area contributed by atoms with Crippen molar-refractivity contribution in [2.45, 2.75) is 25.3 Å². The van der Waals surface area contributed by atoms with Crippen LogP contribution in [0.3, 0.4) is 0 Å². The Kier molecular flexibility index (Phi) is 3.62. The highest BCUT2D eigenvalue weighted by Crippen LogP contribution is 2.32. The Hall–Kier alpha value is -1.29. The van der Waals surface area contributed by atoms with Crippen molar-refractivity contribution < 1.29 is 4.79 Å². The third kappa shape index (κ3) is 2.44. The number of hydrogen-bond acceptors (Lipinski definition) is 2. The molecule has 1 aromatic rings. The zero-order valence-corrected chi connectivity index (χ0v) is 9.98. The normalized spacial score (nSPS) is 18.6. The summed E-state index contributed by atoms with van der Waals surface area (Å²) in [5.41, 5.74) is 1.30. The molecule has 0 saturated carbocycles. The van der Waals surface area contributed by atoms with E-state index in [1.54, 1.807) is 17.4 Å². The molecule has 1 aromatic heterocycles. The average molecular weight is 236 g/mol. The van der Waals surface area contributed by atoms with Crippen LogP contribution in [-0.4, -0.2) is 12.6 Å². The largest absolute Gasteiger partial charge is 0.335 e. The Bertz CT molecular complexity index is 386. The zero-order chi connectivity index (χ0) is 11.4. The Morgan fingerprint density at radius 1 is 1.69 bits per heavy atom. The Labute approximate surface area is 99.6 Å². The molecule has 3 nitrogen and oxygen atoms in total. The Balaban J connectivity index is 1.97. The molecule has 1 aliphatic carbocycles. The molecule has 2 N–H and O–H groups in total. The van der Waals surface area contributed by atoms with E-state index in [9.17, 15) is 4.79 Å². The van der Waals surface area contributed by atoms with Gasteiger partial charge in [-0.15, -0.1) is 17.9 Å². The van der Waals surface area contributed by atoms with E-state index in [0.29, 0.717) is 6.54 Å². The summed E-state index contributed by atoms with van der Waals surface area (Å²) >= 11 is 1.79. The molecule has 16 heavy (non-hydrogen) atoms. The zero-order valence-electron chi connectivity index (χ0n) is 9.16. The Morgan fingerprint density at radius 2 is 2.56 bits per heavy atom. The average Bonchev–Trinajstić information content (AvgIpc) is 2.75. The minimum absolute atomic E-state index is 0.107. The molecule has 0 saturated heterocycles. The van der Waals surface area contributed by atoms with Crippen LogP contribution >= 0.6 is 11.3 Å². The lowest BCUT2D eigenvalue weighted by Crippen LogP contribution is -2.38. The summed E-state index contributed by atoms with van der Waals surface area (Å²) in [6.45, 7) is 4.08. The van der Waals surface area contributed by atoms with Gasteiger partial charge in [0.1, 0.15) is 0 Å². The van der Waals surface area contributed by atoms with Gasteiger partial charge in [-0.3, -0.25) is 0 Å². The number of fused-ring (bicyclic) bond motifs is 1. The van der Waals surface area contributed by atoms with Gasteiger partial charge >= 0.3 is 6.03 Å². The quantitative estimate of drug-likeness (QED) is 0.778. The molecule has 2 amide bonds. The van der Waals surface area contributed by atoms with Crippen molar-refractivity contribution in [3.63, 3.8) is 0 Å². The fraction of sp³-hybridized carbons (Fsp3) is 0.417. The van der Waals surface area contributed by atoms with E-state index in [1.165, 1.54) is 10.4 Å². The van der Waals surface area contributed by atoms with Crippen LogP contribution in [0.5, 0.6) is 0 Å². The van der Waals surface area contributed by atoms with Crippen molar-refractivity contribution in [3.8, 4) is 0 Å². The maximum Gasteiger partial charge on any atom is 0.315 e. The number of carbonyl (C=O) groups excluding carboxylic acids is 1. The molecule has 0 aromatic carbocycles. The summed E-state index contributed by atoms with van der Waals surface area (Å²) in [4.78, 5) is 13.0. The van der Waals surface area contributed by atoms with E-state index in [4.69, 9.17) is 0 Å². The van der Waals surface area contributed by atoms with E-state index in [-0.39, 0.29) is 12.1 Å². The van der Waals surface area contributed by atoms with Crippen molar-refractivity contribution in [2.75, 3.05) is 6.54 Å².